The molecule has 1 aromatic carbocycles. The van der Waals surface area contributed by atoms with Gasteiger partial charge >= 0.3 is 0 Å². The van der Waals surface area contributed by atoms with E-state index in [9.17, 15) is 0 Å². The molecule has 1 atom stereocenters. The molecular formula is C17H27Cl2N. The van der Waals surface area contributed by atoms with Crippen LogP contribution in [0, 0.1) is 0 Å². The lowest BCUT2D eigenvalue weighted by molar-refractivity contribution is 0.524. The molecule has 1 rings (SSSR count). The van der Waals surface area contributed by atoms with Crippen LogP contribution in [-0.4, -0.2) is 6.54 Å². The molecule has 1 N–H and O–H groups in total. The van der Waals surface area contributed by atoms with Gasteiger partial charge in [-0.3, -0.25) is 0 Å². The zero-order valence-electron chi connectivity index (χ0n) is 12.7. The lowest BCUT2D eigenvalue weighted by Gasteiger charge is -2.15. The number of rotatable bonds is 10. The average Bonchev–Trinajstić information content (AvgIpc) is 2.41. The van der Waals surface area contributed by atoms with Crippen LogP contribution in [0.2, 0.25) is 10.0 Å². The third kappa shape index (κ3) is 6.97. The molecule has 0 saturated heterocycles. The Labute approximate surface area is 134 Å². The minimum absolute atomic E-state index is 0.278. The summed E-state index contributed by atoms with van der Waals surface area (Å²) in [6, 6.07) is 5.99. The van der Waals surface area contributed by atoms with Gasteiger partial charge in [0.05, 0.1) is 0 Å². The molecule has 3 heteroatoms. The third-order valence-electron chi connectivity index (χ3n) is 3.66. The Bertz CT molecular complexity index is 379. The first-order chi connectivity index (χ1) is 9.65. The van der Waals surface area contributed by atoms with E-state index in [1.54, 1.807) is 0 Å². The summed E-state index contributed by atoms with van der Waals surface area (Å²) in [6.07, 6.45) is 9.38. The SMILES string of the molecule is CCCCCCCCCNC(C)c1ccc(Cl)cc1Cl. The summed E-state index contributed by atoms with van der Waals surface area (Å²) in [7, 11) is 0. The van der Waals surface area contributed by atoms with Crippen molar-refractivity contribution in [2.75, 3.05) is 6.54 Å². The summed E-state index contributed by atoms with van der Waals surface area (Å²) < 4.78 is 0. The predicted octanol–water partition coefficient (Wildman–Crippen LogP) is 6.39. The van der Waals surface area contributed by atoms with Crippen LogP contribution in [0.1, 0.15) is 70.4 Å². The van der Waals surface area contributed by atoms with Crippen LogP contribution in [0.15, 0.2) is 18.2 Å². The fourth-order valence-corrected chi connectivity index (χ4v) is 2.94. The van der Waals surface area contributed by atoms with E-state index in [1.165, 1.54) is 44.9 Å². The van der Waals surface area contributed by atoms with Crippen LogP contribution in [0.5, 0.6) is 0 Å². The van der Waals surface area contributed by atoms with Gasteiger partial charge in [-0.2, -0.15) is 0 Å². The Balaban J connectivity index is 2.15. The second-order valence-electron chi connectivity index (χ2n) is 5.46. The van der Waals surface area contributed by atoms with E-state index >= 15 is 0 Å². The minimum atomic E-state index is 0.278. The molecule has 0 bridgehead atoms. The smallest absolute Gasteiger partial charge is 0.0468 e. The van der Waals surface area contributed by atoms with Crippen LogP contribution >= 0.6 is 23.2 Å². The normalized spacial score (nSPS) is 12.6. The fourth-order valence-electron chi connectivity index (χ4n) is 2.36. The van der Waals surface area contributed by atoms with E-state index in [4.69, 9.17) is 23.2 Å². The van der Waals surface area contributed by atoms with Gasteiger partial charge < -0.3 is 5.32 Å². The maximum atomic E-state index is 6.21. The quantitative estimate of drug-likeness (QED) is 0.493. The van der Waals surface area contributed by atoms with E-state index < -0.39 is 0 Å². The second-order valence-corrected chi connectivity index (χ2v) is 6.31. The van der Waals surface area contributed by atoms with E-state index in [2.05, 4.69) is 19.2 Å². The molecule has 0 amide bonds. The zero-order valence-corrected chi connectivity index (χ0v) is 14.2. The molecule has 114 valence electrons. The molecule has 0 aliphatic heterocycles. The highest BCUT2D eigenvalue weighted by Crippen LogP contribution is 2.26. The molecule has 0 aliphatic carbocycles. The molecule has 0 aliphatic rings. The van der Waals surface area contributed by atoms with Gasteiger partial charge in [0.25, 0.3) is 0 Å². The van der Waals surface area contributed by atoms with E-state index in [0.717, 1.165) is 17.1 Å². The fraction of sp³-hybridized carbons (Fsp3) is 0.647. The van der Waals surface area contributed by atoms with Crippen molar-refractivity contribution in [1.82, 2.24) is 5.32 Å². The number of unbranched alkanes of at least 4 members (excludes halogenated alkanes) is 6. The number of nitrogens with one attached hydrogen (secondary N) is 1. The minimum Gasteiger partial charge on any atom is -0.310 e. The molecule has 1 nitrogen and oxygen atoms in total. The van der Waals surface area contributed by atoms with Crippen molar-refractivity contribution in [2.45, 2.75) is 64.8 Å². The molecule has 1 unspecified atom stereocenters. The van der Waals surface area contributed by atoms with Crippen molar-refractivity contribution < 1.29 is 0 Å². The van der Waals surface area contributed by atoms with Crippen LogP contribution in [0.25, 0.3) is 0 Å². The largest absolute Gasteiger partial charge is 0.310 e. The third-order valence-corrected chi connectivity index (χ3v) is 4.22. The summed E-state index contributed by atoms with van der Waals surface area (Å²) >= 11 is 12.1. The first-order valence-corrected chi connectivity index (χ1v) is 8.59. The predicted molar refractivity (Wildman–Crippen MR) is 90.9 cm³/mol. The molecule has 1 aromatic rings. The van der Waals surface area contributed by atoms with Crippen LogP contribution < -0.4 is 5.32 Å². The maximum Gasteiger partial charge on any atom is 0.0468 e. The van der Waals surface area contributed by atoms with Gasteiger partial charge in [0.1, 0.15) is 0 Å². The van der Waals surface area contributed by atoms with E-state index in [1.807, 2.05) is 18.2 Å². The number of hydrogen-bond donors (Lipinski definition) is 1. The van der Waals surface area contributed by atoms with Crippen LogP contribution in [0.3, 0.4) is 0 Å². The monoisotopic (exact) mass is 315 g/mol. The lowest BCUT2D eigenvalue weighted by atomic mass is 10.1. The Hall–Kier alpha value is -0.240. The zero-order chi connectivity index (χ0) is 14.8. The maximum absolute atomic E-state index is 6.21. The van der Waals surface area contributed by atoms with Gasteiger partial charge in [-0.25, -0.2) is 0 Å². The second kappa shape index (κ2) is 10.5. The highest BCUT2D eigenvalue weighted by atomic mass is 35.5. The average molecular weight is 316 g/mol. The summed E-state index contributed by atoms with van der Waals surface area (Å²) in [4.78, 5) is 0. The summed E-state index contributed by atoms with van der Waals surface area (Å²) in [5.74, 6) is 0. The van der Waals surface area contributed by atoms with Gasteiger partial charge in [0.15, 0.2) is 0 Å². The number of halogens is 2. The van der Waals surface area contributed by atoms with Crippen molar-refractivity contribution in [3.05, 3.63) is 33.8 Å². The highest BCUT2D eigenvalue weighted by Gasteiger charge is 2.08. The van der Waals surface area contributed by atoms with E-state index in [0.29, 0.717) is 5.02 Å². The van der Waals surface area contributed by atoms with Gasteiger partial charge in [-0.1, -0.05) is 74.7 Å². The van der Waals surface area contributed by atoms with Gasteiger partial charge in [-0.15, -0.1) is 0 Å². The molecular weight excluding hydrogens is 289 g/mol. The molecule has 0 fully saturated rings. The molecule has 20 heavy (non-hydrogen) atoms. The number of hydrogen-bond acceptors (Lipinski definition) is 1. The molecule has 0 saturated carbocycles. The Kier molecular flexibility index (Phi) is 9.33. The highest BCUT2D eigenvalue weighted by molar-refractivity contribution is 6.35. The Morgan fingerprint density at radius 2 is 1.65 bits per heavy atom. The molecule has 0 radical (unpaired) electrons. The summed E-state index contributed by atoms with van der Waals surface area (Å²) in [5, 5.41) is 4.97. The van der Waals surface area contributed by atoms with Gasteiger partial charge in [0, 0.05) is 16.1 Å². The Morgan fingerprint density at radius 3 is 2.30 bits per heavy atom. The van der Waals surface area contributed by atoms with Crippen molar-refractivity contribution in [3.8, 4) is 0 Å². The molecule has 0 spiro atoms. The molecule has 0 heterocycles. The van der Waals surface area contributed by atoms with Crippen molar-refractivity contribution in [2.24, 2.45) is 0 Å². The number of benzene rings is 1. The van der Waals surface area contributed by atoms with Gasteiger partial charge in [-0.05, 0) is 37.6 Å². The Morgan fingerprint density at radius 1 is 1.00 bits per heavy atom. The first kappa shape index (κ1) is 17.8. The molecule has 0 aromatic heterocycles. The standard InChI is InChI=1S/C17H27Cl2N/c1-3-4-5-6-7-8-9-12-20-14(2)16-11-10-15(18)13-17(16)19/h10-11,13-14,20H,3-9,12H2,1-2H3. The van der Waals surface area contributed by atoms with Gasteiger partial charge in [0.2, 0.25) is 0 Å². The van der Waals surface area contributed by atoms with Crippen LogP contribution in [-0.2, 0) is 0 Å². The summed E-state index contributed by atoms with van der Waals surface area (Å²) in [6.45, 7) is 5.46. The van der Waals surface area contributed by atoms with Crippen molar-refractivity contribution in [3.63, 3.8) is 0 Å². The van der Waals surface area contributed by atoms with Crippen LogP contribution in [0.4, 0.5) is 0 Å². The first-order valence-electron chi connectivity index (χ1n) is 7.83. The van der Waals surface area contributed by atoms with Crippen molar-refractivity contribution in [1.29, 1.82) is 0 Å². The topological polar surface area (TPSA) is 12.0 Å². The lowest BCUT2D eigenvalue weighted by Crippen LogP contribution is -2.20. The van der Waals surface area contributed by atoms with Crippen molar-refractivity contribution >= 4 is 23.2 Å². The summed E-state index contributed by atoms with van der Waals surface area (Å²) in [5.41, 5.74) is 1.12. The van der Waals surface area contributed by atoms with E-state index in [-0.39, 0.29) is 6.04 Å².